The lowest BCUT2D eigenvalue weighted by Crippen LogP contribution is -2.30. The van der Waals surface area contributed by atoms with Crippen LogP contribution in [0.1, 0.15) is 24.2 Å². The highest BCUT2D eigenvalue weighted by atomic mass is 32.2. The number of carbonyl (C=O) groups excluding carboxylic acids is 1. The number of hydrogen-bond donors (Lipinski definition) is 0. The smallest absolute Gasteiger partial charge is 0.343 e. The zero-order valence-corrected chi connectivity index (χ0v) is 19.3. The Labute approximate surface area is 191 Å². The van der Waals surface area contributed by atoms with Crippen LogP contribution in [0.4, 0.5) is 0 Å². The van der Waals surface area contributed by atoms with Gasteiger partial charge in [0.15, 0.2) is 0 Å². The Bertz CT molecular complexity index is 1340. The molecule has 0 unspecified atom stereocenters. The molecule has 6 nitrogen and oxygen atoms in total. The highest BCUT2D eigenvalue weighted by Crippen LogP contribution is 2.36. The maximum absolute atomic E-state index is 12.9. The Balaban J connectivity index is 1.65. The number of aromatic nitrogens is 1. The molecule has 164 valence electrons. The minimum Gasteiger partial charge on any atom is -0.422 e. The molecule has 0 aliphatic rings. The van der Waals surface area contributed by atoms with E-state index in [-0.39, 0.29) is 10.5 Å². The first kappa shape index (κ1) is 22.1. The quantitative estimate of drug-likeness (QED) is 0.276. The Morgan fingerprint density at radius 2 is 1.69 bits per heavy atom. The number of rotatable bonds is 7. The van der Waals surface area contributed by atoms with Crippen molar-refractivity contribution in [3.63, 3.8) is 0 Å². The van der Waals surface area contributed by atoms with Crippen LogP contribution in [0, 0.1) is 0 Å². The first-order valence-electron chi connectivity index (χ1n) is 10.2. The first-order valence-corrected chi connectivity index (χ1v) is 12.5. The zero-order chi connectivity index (χ0) is 22.7. The maximum Gasteiger partial charge on any atom is 0.343 e. The molecule has 32 heavy (non-hydrogen) atoms. The number of esters is 1. The Morgan fingerprint density at radius 1 is 0.969 bits per heavy atom. The van der Waals surface area contributed by atoms with E-state index in [2.05, 4.69) is 4.98 Å². The van der Waals surface area contributed by atoms with Crippen molar-refractivity contribution in [3.8, 4) is 16.3 Å². The number of hydrogen-bond acceptors (Lipinski definition) is 6. The monoisotopic (exact) mass is 466 g/mol. The van der Waals surface area contributed by atoms with Gasteiger partial charge in [0.2, 0.25) is 10.0 Å². The van der Waals surface area contributed by atoms with Crippen LogP contribution in [0.25, 0.3) is 20.8 Å². The molecule has 0 radical (unpaired) electrons. The molecule has 0 fully saturated rings. The molecule has 0 aliphatic carbocycles. The summed E-state index contributed by atoms with van der Waals surface area (Å²) in [4.78, 5) is 17.6. The predicted octanol–water partition coefficient (Wildman–Crippen LogP) is 5.21. The summed E-state index contributed by atoms with van der Waals surface area (Å²) in [6, 6.07) is 20.9. The minimum absolute atomic E-state index is 0.0649. The van der Waals surface area contributed by atoms with E-state index >= 15 is 0 Å². The van der Waals surface area contributed by atoms with Gasteiger partial charge in [-0.25, -0.2) is 18.2 Å². The van der Waals surface area contributed by atoms with E-state index in [1.165, 1.54) is 27.8 Å². The van der Waals surface area contributed by atoms with E-state index in [1.54, 1.807) is 38.1 Å². The Kier molecular flexibility index (Phi) is 6.36. The van der Waals surface area contributed by atoms with Gasteiger partial charge < -0.3 is 4.74 Å². The first-order chi connectivity index (χ1) is 15.4. The van der Waals surface area contributed by atoms with Gasteiger partial charge in [-0.05, 0) is 42.5 Å². The number of sulfonamides is 1. The van der Waals surface area contributed by atoms with Crippen LogP contribution < -0.4 is 4.74 Å². The molecule has 0 saturated heterocycles. The molecule has 3 aromatic carbocycles. The molecule has 0 N–H and O–H groups in total. The zero-order valence-electron chi connectivity index (χ0n) is 17.7. The SMILES string of the molecule is CCN(CC)S(=O)(=O)c1cccc(C(=O)Oc2ccccc2-c2nc3ccccc3s2)c1. The fourth-order valence-electron chi connectivity index (χ4n) is 3.37. The molecule has 8 heteroatoms. The summed E-state index contributed by atoms with van der Waals surface area (Å²) in [5, 5.41) is 0.743. The fourth-order valence-corrected chi connectivity index (χ4v) is 5.87. The Morgan fingerprint density at radius 3 is 2.44 bits per heavy atom. The molecule has 0 atom stereocenters. The lowest BCUT2D eigenvalue weighted by molar-refractivity contribution is 0.0735. The standard InChI is InChI=1S/C24H22N2O4S2/c1-3-26(4-2)32(28,29)18-11-9-10-17(16-18)24(27)30-21-14-7-5-12-19(21)23-25-20-13-6-8-15-22(20)31-23/h5-16H,3-4H2,1-2H3. The number of thiazole rings is 1. The van der Waals surface area contributed by atoms with E-state index in [0.717, 1.165) is 15.2 Å². The molecule has 0 spiro atoms. The predicted molar refractivity (Wildman–Crippen MR) is 127 cm³/mol. The largest absolute Gasteiger partial charge is 0.422 e. The van der Waals surface area contributed by atoms with Crippen LogP contribution in [0.2, 0.25) is 0 Å². The molecule has 1 aromatic heterocycles. The normalized spacial score (nSPS) is 11.7. The fraction of sp³-hybridized carbons (Fsp3) is 0.167. The highest BCUT2D eigenvalue weighted by molar-refractivity contribution is 7.89. The van der Waals surface area contributed by atoms with Gasteiger partial charge in [0, 0.05) is 13.1 Å². The van der Waals surface area contributed by atoms with Crippen LogP contribution in [0.5, 0.6) is 5.75 Å². The van der Waals surface area contributed by atoms with Gasteiger partial charge >= 0.3 is 5.97 Å². The van der Waals surface area contributed by atoms with Crippen molar-refractivity contribution in [1.29, 1.82) is 0 Å². The van der Waals surface area contributed by atoms with E-state index in [4.69, 9.17) is 4.74 Å². The summed E-state index contributed by atoms with van der Waals surface area (Å²) in [5.41, 5.74) is 1.74. The van der Waals surface area contributed by atoms with Crippen molar-refractivity contribution in [2.75, 3.05) is 13.1 Å². The molecular weight excluding hydrogens is 444 g/mol. The second-order valence-corrected chi connectivity index (χ2v) is 9.96. The third kappa shape index (κ3) is 4.29. The summed E-state index contributed by atoms with van der Waals surface area (Å²) in [6.45, 7) is 4.25. The van der Waals surface area contributed by atoms with Crippen molar-refractivity contribution >= 4 is 37.5 Å². The minimum atomic E-state index is -3.68. The van der Waals surface area contributed by atoms with Gasteiger partial charge in [0.1, 0.15) is 10.8 Å². The van der Waals surface area contributed by atoms with Gasteiger partial charge in [-0.2, -0.15) is 4.31 Å². The average Bonchev–Trinajstić information content (AvgIpc) is 3.24. The average molecular weight is 467 g/mol. The lowest BCUT2D eigenvalue weighted by atomic mass is 10.2. The number of para-hydroxylation sites is 2. The van der Waals surface area contributed by atoms with Gasteiger partial charge in [0.05, 0.1) is 26.2 Å². The van der Waals surface area contributed by atoms with E-state index in [1.807, 2.05) is 36.4 Å². The van der Waals surface area contributed by atoms with Gasteiger partial charge in [-0.15, -0.1) is 11.3 Å². The third-order valence-electron chi connectivity index (χ3n) is 5.03. The molecule has 0 bridgehead atoms. The van der Waals surface area contributed by atoms with Crippen molar-refractivity contribution in [2.24, 2.45) is 0 Å². The highest BCUT2D eigenvalue weighted by Gasteiger charge is 2.23. The second-order valence-electron chi connectivity index (χ2n) is 6.99. The summed E-state index contributed by atoms with van der Waals surface area (Å²) < 4.78 is 33.7. The van der Waals surface area contributed by atoms with Crippen molar-refractivity contribution in [3.05, 3.63) is 78.4 Å². The number of benzene rings is 3. The Hall–Kier alpha value is -3.07. The molecule has 0 amide bonds. The van der Waals surface area contributed by atoms with Crippen molar-refractivity contribution in [1.82, 2.24) is 9.29 Å². The van der Waals surface area contributed by atoms with Crippen molar-refractivity contribution < 1.29 is 17.9 Å². The number of fused-ring (bicyclic) bond motifs is 1. The number of carbonyl (C=O) groups is 1. The molecule has 0 saturated carbocycles. The lowest BCUT2D eigenvalue weighted by Gasteiger charge is -2.18. The molecular formula is C24H22N2O4S2. The van der Waals surface area contributed by atoms with Gasteiger partial charge in [-0.3, -0.25) is 0 Å². The van der Waals surface area contributed by atoms with E-state index in [9.17, 15) is 13.2 Å². The third-order valence-corrected chi connectivity index (χ3v) is 8.14. The van der Waals surface area contributed by atoms with Gasteiger partial charge in [0.25, 0.3) is 0 Å². The summed E-state index contributed by atoms with van der Waals surface area (Å²) in [7, 11) is -3.68. The number of ether oxygens (including phenoxy) is 1. The second kappa shape index (κ2) is 9.20. The van der Waals surface area contributed by atoms with Crippen LogP contribution in [0.3, 0.4) is 0 Å². The van der Waals surface area contributed by atoms with Crippen molar-refractivity contribution in [2.45, 2.75) is 18.7 Å². The van der Waals surface area contributed by atoms with E-state index in [0.29, 0.717) is 24.4 Å². The molecule has 4 aromatic rings. The van der Waals surface area contributed by atoms with Gasteiger partial charge in [-0.1, -0.05) is 44.2 Å². The molecule has 4 rings (SSSR count). The molecule has 0 aliphatic heterocycles. The van der Waals surface area contributed by atoms with Crippen LogP contribution in [0.15, 0.2) is 77.7 Å². The summed E-state index contributed by atoms with van der Waals surface area (Å²) in [6.07, 6.45) is 0. The van der Waals surface area contributed by atoms with Crippen LogP contribution in [-0.2, 0) is 10.0 Å². The topological polar surface area (TPSA) is 76.6 Å². The molecule has 1 heterocycles. The number of nitrogens with zero attached hydrogens (tertiary/aromatic N) is 2. The summed E-state index contributed by atoms with van der Waals surface area (Å²) in [5.74, 6) is -0.260. The summed E-state index contributed by atoms with van der Waals surface area (Å²) >= 11 is 1.51. The van der Waals surface area contributed by atoms with E-state index < -0.39 is 16.0 Å². The van der Waals surface area contributed by atoms with Crippen LogP contribution >= 0.6 is 11.3 Å². The van der Waals surface area contributed by atoms with Crippen LogP contribution in [-0.4, -0.2) is 36.8 Å². The maximum atomic E-state index is 12.9.